The lowest BCUT2D eigenvalue weighted by Gasteiger charge is -2.31. The molecule has 2 unspecified atom stereocenters. The van der Waals surface area contributed by atoms with Gasteiger partial charge in [-0.05, 0) is 38.5 Å². The number of unbranched alkanes of at least 4 members (excludes halogenated alkanes) is 11. The summed E-state index contributed by atoms with van der Waals surface area (Å²) in [5, 5.41) is 9.53. The molecule has 43 heavy (non-hydrogen) atoms. The standard InChI is InChI=1S/C35H63NO7/c1-6-8-10-12-14-16-18-20-22-24-26-34(38)43-31(29-41-28-27-32(35(39)40)36(3,4)5)30-42-33(37)25-23-21-19-17-15-13-11-9-7-2/h9,11,15,17,31-32H,6-8,10,12-14,16,18-30H2,1-5H3/p+1/b11-9+,17-15+. The van der Waals surface area contributed by atoms with Gasteiger partial charge in [0.1, 0.15) is 6.61 Å². The maximum Gasteiger partial charge on any atom is 0.362 e. The Hall–Kier alpha value is -2.19. The van der Waals surface area contributed by atoms with Crippen molar-refractivity contribution in [2.75, 3.05) is 41.0 Å². The van der Waals surface area contributed by atoms with Crippen LogP contribution in [0, 0.1) is 0 Å². The molecule has 0 fully saturated rings. The van der Waals surface area contributed by atoms with Gasteiger partial charge < -0.3 is 23.8 Å². The van der Waals surface area contributed by atoms with E-state index < -0.39 is 18.1 Å². The normalized spacial score (nSPS) is 13.4. The van der Waals surface area contributed by atoms with E-state index in [9.17, 15) is 19.5 Å². The van der Waals surface area contributed by atoms with E-state index in [4.69, 9.17) is 14.2 Å². The van der Waals surface area contributed by atoms with Gasteiger partial charge in [-0.3, -0.25) is 9.59 Å². The number of esters is 2. The number of ether oxygens (including phenoxy) is 3. The minimum atomic E-state index is -0.881. The van der Waals surface area contributed by atoms with Crippen LogP contribution in [-0.2, 0) is 28.6 Å². The van der Waals surface area contributed by atoms with Crippen molar-refractivity contribution in [2.24, 2.45) is 0 Å². The van der Waals surface area contributed by atoms with Crippen molar-refractivity contribution >= 4 is 17.9 Å². The van der Waals surface area contributed by atoms with Crippen LogP contribution in [0.1, 0.15) is 129 Å². The Morgan fingerprint density at radius 1 is 0.721 bits per heavy atom. The van der Waals surface area contributed by atoms with Crippen molar-refractivity contribution in [2.45, 2.75) is 142 Å². The lowest BCUT2D eigenvalue weighted by atomic mass is 10.1. The number of quaternary nitrogens is 1. The molecule has 0 radical (unpaired) electrons. The zero-order valence-corrected chi connectivity index (χ0v) is 28.2. The van der Waals surface area contributed by atoms with Gasteiger partial charge in [0.05, 0.1) is 34.4 Å². The number of carbonyl (C=O) groups excluding carboxylic acids is 2. The van der Waals surface area contributed by atoms with Gasteiger partial charge in [-0.15, -0.1) is 0 Å². The van der Waals surface area contributed by atoms with Crippen LogP contribution in [0.15, 0.2) is 24.3 Å². The van der Waals surface area contributed by atoms with Gasteiger partial charge in [-0.2, -0.15) is 0 Å². The van der Waals surface area contributed by atoms with Gasteiger partial charge in [0.15, 0.2) is 12.1 Å². The number of aliphatic carboxylic acids is 1. The van der Waals surface area contributed by atoms with Crippen molar-refractivity contribution in [3.8, 4) is 0 Å². The maximum atomic E-state index is 12.5. The van der Waals surface area contributed by atoms with E-state index in [2.05, 4.69) is 38.2 Å². The van der Waals surface area contributed by atoms with Crippen LogP contribution in [0.25, 0.3) is 0 Å². The van der Waals surface area contributed by atoms with E-state index in [0.29, 0.717) is 19.3 Å². The number of carboxylic acids is 1. The predicted octanol–water partition coefficient (Wildman–Crippen LogP) is 7.79. The zero-order chi connectivity index (χ0) is 32.2. The van der Waals surface area contributed by atoms with Crippen LogP contribution in [0.5, 0.6) is 0 Å². The first-order valence-electron chi connectivity index (χ1n) is 16.9. The molecule has 0 saturated heterocycles. The Labute approximate surface area is 262 Å². The van der Waals surface area contributed by atoms with Crippen molar-refractivity contribution < 1.29 is 38.2 Å². The summed E-state index contributed by atoms with van der Waals surface area (Å²) in [6.07, 6.45) is 25.2. The maximum absolute atomic E-state index is 12.5. The highest BCUT2D eigenvalue weighted by atomic mass is 16.6. The quantitative estimate of drug-likeness (QED) is 0.0399. The van der Waals surface area contributed by atoms with Gasteiger partial charge in [0.2, 0.25) is 0 Å². The molecule has 0 heterocycles. The number of nitrogens with zero attached hydrogens (tertiary/aromatic N) is 1. The third-order valence-electron chi connectivity index (χ3n) is 7.37. The largest absolute Gasteiger partial charge is 0.477 e. The zero-order valence-electron chi connectivity index (χ0n) is 28.2. The molecule has 0 aliphatic carbocycles. The molecule has 0 amide bonds. The second-order valence-corrected chi connectivity index (χ2v) is 12.4. The Balaban J connectivity index is 4.53. The molecule has 0 bridgehead atoms. The third-order valence-corrected chi connectivity index (χ3v) is 7.37. The summed E-state index contributed by atoms with van der Waals surface area (Å²) in [4.78, 5) is 36.5. The van der Waals surface area contributed by atoms with E-state index >= 15 is 0 Å². The lowest BCUT2D eigenvalue weighted by molar-refractivity contribution is -0.887. The van der Waals surface area contributed by atoms with E-state index in [-0.39, 0.29) is 36.2 Å². The molecule has 0 aliphatic rings. The number of allylic oxidation sites excluding steroid dienone is 4. The molecule has 0 spiro atoms. The number of carbonyl (C=O) groups is 3. The molecule has 1 N–H and O–H groups in total. The highest BCUT2D eigenvalue weighted by Gasteiger charge is 2.31. The highest BCUT2D eigenvalue weighted by molar-refractivity contribution is 5.72. The molecule has 0 saturated carbocycles. The van der Waals surface area contributed by atoms with Crippen molar-refractivity contribution in [1.82, 2.24) is 0 Å². The second-order valence-electron chi connectivity index (χ2n) is 12.4. The average molecular weight is 611 g/mol. The molecule has 0 aromatic carbocycles. The van der Waals surface area contributed by atoms with Crippen molar-refractivity contribution in [3.05, 3.63) is 24.3 Å². The van der Waals surface area contributed by atoms with E-state index in [1.165, 1.54) is 44.9 Å². The number of hydrogen-bond donors (Lipinski definition) is 1. The van der Waals surface area contributed by atoms with E-state index in [1.807, 2.05) is 21.1 Å². The monoisotopic (exact) mass is 610 g/mol. The topological polar surface area (TPSA) is 99.1 Å². The molecule has 250 valence electrons. The van der Waals surface area contributed by atoms with Gasteiger partial charge in [0.25, 0.3) is 0 Å². The SMILES string of the molecule is CC/C=C/C/C=C/CCCCC(=O)OCC(COCCC(C(=O)O)[N+](C)(C)C)OC(=O)CCCCCCCCCCCC. The summed E-state index contributed by atoms with van der Waals surface area (Å²) in [6, 6.07) is -0.613. The summed E-state index contributed by atoms with van der Waals surface area (Å²) in [7, 11) is 5.49. The minimum absolute atomic E-state index is 0.0534. The molecule has 8 heteroatoms. The Morgan fingerprint density at radius 2 is 1.30 bits per heavy atom. The minimum Gasteiger partial charge on any atom is -0.477 e. The molecule has 0 rings (SSSR count). The van der Waals surface area contributed by atoms with Gasteiger partial charge in [-0.25, -0.2) is 4.79 Å². The average Bonchev–Trinajstić information content (AvgIpc) is 2.94. The lowest BCUT2D eigenvalue weighted by Crippen LogP contribution is -2.50. The Morgan fingerprint density at radius 3 is 1.91 bits per heavy atom. The summed E-state index contributed by atoms with van der Waals surface area (Å²) < 4.78 is 17.1. The van der Waals surface area contributed by atoms with Gasteiger partial charge >= 0.3 is 17.9 Å². The predicted molar refractivity (Wildman–Crippen MR) is 174 cm³/mol. The number of hydrogen-bond acceptors (Lipinski definition) is 6. The first-order chi connectivity index (χ1) is 20.6. The smallest absolute Gasteiger partial charge is 0.362 e. The summed E-state index contributed by atoms with van der Waals surface area (Å²) >= 11 is 0. The first-order valence-corrected chi connectivity index (χ1v) is 16.9. The van der Waals surface area contributed by atoms with Gasteiger partial charge in [-0.1, -0.05) is 95.9 Å². The molecule has 2 atom stereocenters. The first kappa shape index (κ1) is 40.8. The van der Waals surface area contributed by atoms with Crippen LogP contribution in [0.3, 0.4) is 0 Å². The molecule has 0 aromatic heterocycles. The van der Waals surface area contributed by atoms with Crippen LogP contribution in [0.2, 0.25) is 0 Å². The van der Waals surface area contributed by atoms with Crippen LogP contribution in [-0.4, -0.2) is 80.6 Å². The van der Waals surface area contributed by atoms with Gasteiger partial charge in [0, 0.05) is 19.3 Å². The number of carboxylic acid groups (broad SMARTS) is 1. The molecular formula is C35H64NO7+. The molecular weight excluding hydrogens is 546 g/mol. The second kappa shape index (κ2) is 27.4. The molecule has 0 aromatic rings. The van der Waals surface area contributed by atoms with Crippen LogP contribution >= 0.6 is 0 Å². The van der Waals surface area contributed by atoms with Crippen LogP contribution < -0.4 is 0 Å². The van der Waals surface area contributed by atoms with Crippen molar-refractivity contribution in [3.63, 3.8) is 0 Å². The highest BCUT2D eigenvalue weighted by Crippen LogP contribution is 2.13. The molecule has 8 nitrogen and oxygen atoms in total. The fourth-order valence-corrected chi connectivity index (χ4v) is 4.71. The van der Waals surface area contributed by atoms with E-state index in [1.54, 1.807) is 0 Å². The Bertz CT molecular complexity index is 773. The third kappa shape index (κ3) is 26.0. The van der Waals surface area contributed by atoms with E-state index in [0.717, 1.165) is 51.4 Å². The summed E-state index contributed by atoms with van der Waals surface area (Å²) in [6.45, 7) is 4.53. The Kier molecular flexibility index (Phi) is 26.0. The summed E-state index contributed by atoms with van der Waals surface area (Å²) in [5.41, 5.74) is 0. The van der Waals surface area contributed by atoms with Crippen molar-refractivity contribution in [1.29, 1.82) is 0 Å². The fraction of sp³-hybridized carbons (Fsp3) is 0.800. The summed E-state index contributed by atoms with van der Waals surface area (Å²) in [5.74, 6) is -1.52. The fourth-order valence-electron chi connectivity index (χ4n) is 4.71. The van der Waals surface area contributed by atoms with Crippen LogP contribution in [0.4, 0.5) is 0 Å². The number of likely N-dealkylation sites (N-methyl/N-ethyl adjacent to an activating group) is 1. The molecule has 0 aliphatic heterocycles. The number of rotatable bonds is 29.